The predicted molar refractivity (Wildman–Crippen MR) is 75.1 cm³/mol. The molecule has 0 spiro atoms. The number of ether oxygens (including phenoxy) is 3. The molecule has 1 aromatic carbocycles. The molecular weight excluding hydrogens is 242 g/mol. The second kappa shape index (κ2) is 7.36. The van der Waals surface area contributed by atoms with Crippen LogP contribution in [0.1, 0.15) is 12.0 Å². The van der Waals surface area contributed by atoms with Gasteiger partial charge in [-0.2, -0.15) is 0 Å². The molecule has 1 fully saturated rings. The van der Waals surface area contributed by atoms with Gasteiger partial charge in [-0.15, -0.1) is 0 Å². The number of benzene rings is 1. The molecule has 0 bridgehead atoms. The van der Waals surface area contributed by atoms with Crippen LogP contribution in [0.5, 0.6) is 11.5 Å². The highest BCUT2D eigenvalue weighted by atomic mass is 16.5. The van der Waals surface area contributed by atoms with Gasteiger partial charge in [-0.3, -0.25) is 4.90 Å². The Hall–Kier alpha value is -1.26. The summed E-state index contributed by atoms with van der Waals surface area (Å²) in [5.74, 6) is 1.76. The van der Waals surface area contributed by atoms with Gasteiger partial charge in [-0.25, -0.2) is 0 Å². The molecule has 0 aromatic heterocycles. The van der Waals surface area contributed by atoms with Gasteiger partial charge in [-0.05, 0) is 25.0 Å². The Morgan fingerprint density at radius 3 is 2.79 bits per heavy atom. The van der Waals surface area contributed by atoms with Gasteiger partial charge in [0.2, 0.25) is 0 Å². The van der Waals surface area contributed by atoms with E-state index in [1.807, 2.05) is 25.1 Å². The SMILES string of the molecule is COc1cc(OCCCN2CCOCC2)ccc1C. The monoisotopic (exact) mass is 265 g/mol. The van der Waals surface area contributed by atoms with E-state index < -0.39 is 0 Å². The first-order chi connectivity index (χ1) is 9.29. The number of hydrogen-bond donors (Lipinski definition) is 0. The molecule has 0 radical (unpaired) electrons. The summed E-state index contributed by atoms with van der Waals surface area (Å²) in [6.07, 6.45) is 1.04. The minimum Gasteiger partial charge on any atom is -0.496 e. The third-order valence-corrected chi connectivity index (χ3v) is 3.37. The second-order valence-electron chi connectivity index (χ2n) is 4.79. The zero-order chi connectivity index (χ0) is 13.5. The quantitative estimate of drug-likeness (QED) is 0.737. The zero-order valence-corrected chi connectivity index (χ0v) is 11.9. The first kappa shape index (κ1) is 14.2. The Kier molecular flexibility index (Phi) is 5.48. The molecule has 2 rings (SSSR count). The summed E-state index contributed by atoms with van der Waals surface area (Å²) in [6.45, 7) is 7.64. The Bertz CT molecular complexity index is 389. The van der Waals surface area contributed by atoms with Crippen molar-refractivity contribution in [3.8, 4) is 11.5 Å². The van der Waals surface area contributed by atoms with Crippen LogP contribution in [-0.4, -0.2) is 51.5 Å². The lowest BCUT2D eigenvalue weighted by Gasteiger charge is -2.26. The van der Waals surface area contributed by atoms with Crippen molar-refractivity contribution in [2.75, 3.05) is 46.6 Å². The largest absolute Gasteiger partial charge is 0.496 e. The van der Waals surface area contributed by atoms with Gasteiger partial charge < -0.3 is 14.2 Å². The predicted octanol–water partition coefficient (Wildman–Crippen LogP) is 2.10. The van der Waals surface area contributed by atoms with Crippen molar-refractivity contribution in [1.29, 1.82) is 0 Å². The van der Waals surface area contributed by atoms with Crippen molar-refractivity contribution in [3.05, 3.63) is 23.8 Å². The zero-order valence-electron chi connectivity index (χ0n) is 11.9. The molecule has 0 aliphatic carbocycles. The van der Waals surface area contributed by atoms with Crippen molar-refractivity contribution in [2.24, 2.45) is 0 Å². The van der Waals surface area contributed by atoms with Crippen LogP contribution in [0.15, 0.2) is 18.2 Å². The van der Waals surface area contributed by atoms with Crippen molar-refractivity contribution in [2.45, 2.75) is 13.3 Å². The number of hydrogen-bond acceptors (Lipinski definition) is 4. The van der Waals surface area contributed by atoms with Crippen molar-refractivity contribution in [3.63, 3.8) is 0 Å². The summed E-state index contributed by atoms with van der Waals surface area (Å²) in [5.41, 5.74) is 1.13. The maximum atomic E-state index is 5.76. The normalized spacial score (nSPS) is 16.3. The Balaban J connectivity index is 1.70. The summed E-state index contributed by atoms with van der Waals surface area (Å²) < 4.78 is 16.4. The fourth-order valence-electron chi connectivity index (χ4n) is 2.19. The van der Waals surface area contributed by atoms with Crippen molar-refractivity contribution < 1.29 is 14.2 Å². The van der Waals surface area contributed by atoms with Crippen molar-refractivity contribution in [1.82, 2.24) is 4.90 Å². The summed E-state index contributed by atoms with van der Waals surface area (Å²) in [5, 5.41) is 0. The van der Waals surface area contributed by atoms with Crippen LogP contribution < -0.4 is 9.47 Å². The number of rotatable bonds is 6. The van der Waals surface area contributed by atoms with Gasteiger partial charge in [0.25, 0.3) is 0 Å². The van der Waals surface area contributed by atoms with E-state index in [9.17, 15) is 0 Å². The minimum absolute atomic E-state index is 0.740. The standard InChI is InChI=1S/C15H23NO3/c1-13-4-5-14(12-15(13)17-2)19-9-3-6-16-7-10-18-11-8-16/h4-5,12H,3,6-11H2,1-2H3. The molecule has 0 N–H and O–H groups in total. The van der Waals surface area contributed by atoms with Gasteiger partial charge in [0.05, 0.1) is 26.9 Å². The first-order valence-corrected chi connectivity index (χ1v) is 6.87. The highest BCUT2D eigenvalue weighted by Gasteiger charge is 2.09. The molecule has 0 unspecified atom stereocenters. The topological polar surface area (TPSA) is 30.9 Å². The molecule has 4 nitrogen and oxygen atoms in total. The Morgan fingerprint density at radius 1 is 1.26 bits per heavy atom. The molecular formula is C15H23NO3. The average molecular weight is 265 g/mol. The fraction of sp³-hybridized carbons (Fsp3) is 0.600. The van der Waals surface area contributed by atoms with Crippen molar-refractivity contribution >= 4 is 0 Å². The van der Waals surface area contributed by atoms with Crippen LogP contribution in [0.3, 0.4) is 0 Å². The molecule has 0 atom stereocenters. The fourth-order valence-corrected chi connectivity index (χ4v) is 2.19. The average Bonchev–Trinajstić information content (AvgIpc) is 2.46. The van der Waals surface area contributed by atoms with E-state index in [-0.39, 0.29) is 0 Å². The van der Waals surface area contributed by atoms with E-state index in [0.29, 0.717) is 0 Å². The van der Waals surface area contributed by atoms with Gasteiger partial charge >= 0.3 is 0 Å². The number of aryl methyl sites for hydroxylation is 1. The molecule has 1 aliphatic heterocycles. The molecule has 106 valence electrons. The van der Waals surface area contributed by atoms with E-state index in [1.54, 1.807) is 7.11 Å². The molecule has 1 heterocycles. The molecule has 0 saturated carbocycles. The highest BCUT2D eigenvalue weighted by Crippen LogP contribution is 2.23. The number of morpholine rings is 1. The van der Waals surface area contributed by atoms with Gasteiger partial charge in [0.1, 0.15) is 11.5 Å². The molecule has 1 aliphatic rings. The first-order valence-electron chi connectivity index (χ1n) is 6.87. The maximum absolute atomic E-state index is 5.76. The summed E-state index contributed by atoms with van der Waals surface area (Å²) >= 11 is 0. The van der Waals surface area contributed by atoms with Crippen LogP contribution in [0, 0.1) is 6.92 Å². The van der Waals surface area contributed by atoms with E-state index in [4.69, 9.17) is 14.2 Å². The Morgan fingerprint density at radius 2 is 2.05 bits per heavy atom. The Labute approximate surface area is 115 Å². The highest BCUT2D eigenvalue weighted by molar-refractivity contribution is 5.39. The van der Waals surface area contributed by atoms with Gasteiger partial charge in [0, 0.05) is 25.7 Å². The van der Waals surface area contributed by atoms with Crippen LogP contribution >= 0.6 is 0 Å². The molecule has 19 heavy (non-hydrogen) atoms. The van der Waals surface area contributed by atoms with E-state index >= 15 is 0 Å². The second-order valence-corrected chi connectivity index (χ2v) is 4.79. The third-order valence-electron chi connectivity index (χ3n) is 3.37. The maximum Gasteiger partial charge on any atom is 0.125 e. The minimum atomic E-state index is 0.740. The summed E-state index contributed by atoms with van der Waals surface area (Å²) in [4.78, 5) is 2.42. The van der Waals surface area contributed by atoms with Crippen LogP contribution in [-0.2, 0) is 4.74 Å². The summed E-state index contributed by atoms with van der Waals surface area (Å²) in [6, 6.07) is 5.97. The lowest BCUT2D eigenvalue weighted by atomic mass is 10.2. The molecule has 1 saturated heterocycles. The number of methoxy groups -OCH3 is 1. The molecule has 4 heteroatoms. The number of nitrogens with zero attached hydrogens (tertiary/aromatic N) is 1. The van der Waals surface area contributed by atoms with Crippen LogP contribution in [0.2, 0.25) is 0 Å². The van der Waals surface area contributed by atoms with E-state index in [2.05, 4.69) is 4.90 Å². The van der Waals surface area contributed by atoms with E-state index in [1.165, 1.54) is 0 Å². The lowest BCUT2D eigenvalue weighted by molar-refractivity contribution is 0.0358. The van der Waals surface area contributed by atoms with Crippen LogP contribution in [0.25, 0.3) is 0 Å². The summed E-state index contributed by atoms with van der Waals surface area (Å²) in [7, 11) is 1.69. The van der Waals surface area contributed by atoms with E-state index in [0.717, 1.165) is 62.9 Å². The lowest BCUT2D eigenvalue weighted by Crippen LogP contribution is -2.37. The van der Waals surface area contributed by atoms with Gasteiger partial charge in [-0.1, -0.05) is 6.07 Å². The van der Waals surface area contributed by atoms with Crippen LogP contribution in [0.4, 0.5) is 0 Å². The smallest absolute Gasteiger partial charge is 0.125 e. The molecule has 1 aromatic rings. The van der Waals surface area contributed by atoms with Gasteiger partial charge in [0.15, 0.2) is 0 Å². The molecule has 0 amide bonds. The third kappa shape index (κ3) is 4.40.